The van der Waals surface area contributed by atoms with Gasteiger partial charge in [-0.1, -0.05) is 48.5 Å². The minimum atomic E-state index is -0.468. The first-order chi connectivity index (χ1) is 13.3. The molecule has 6 heteroatoms. The fraction of sp³-hybridized carbons (Fsp3) is 0.381. The molecule has 0 unspecified atom stereocenters. The van der Waals surface area contributed by atoms with Gasteiger partial charge in [-0.3, -0.25) is 4.79 Å². The number of carbonyl (C=O) groups is 1. The van der Waals surface area contributed by atoms with E-state index in [0.717, 1.165) is 5.56 Å². The Bertz CT molecular complexity index is 814. The van der Waals surface area contributed by atoms with Crippen LogP contribution >= 0.6 is 0 Å². The van der Waals surface area contributed by atoms with Gasteiger partial charge in [0.25, 0.3) is 5.91 Å². The molecule has 5 rings (SSSR count). The maximum atomic E-state index is 13.0. The molecule has 0 saturated carbocycles. The van der Waals surface area contributed by atoms with Crippen LogP contribution in [0.5, 0.6) is 0 Å². The van der Waals surface area contributed by atoms with Crippen LogP contribution in [0, 0.1) is 0 Å². The van der Waals surface area contributed by atoms with Gasteiger partial charge in [0, 0.05) is 18.2 Å². The summed E-state index contributed by atoms with van der Waals surface area (Å²) in [4.78, 5) is 14.8. The monoisotopic (exact) mass is 367 g/mol. The fourth-order valence-electron chi connectivity index (χ4n) is 4.11. The largest absolute Gasteiger partial charge is 0.354 e. The van der Waals surface area contributed by atoms with Crippen LogP contribution in [0.1, 0.15) is 22.2 Å². The van der Waals surface area contributed by atoms with Crippen LogP contribution in [-0.2, 0) is 18.9 Å². The van der Waals surface area contributed by atoms with Crippen LogP contribution in [0.15, 0.2) is 60.7 Å². The highest BCUT2D eigenvalue weighted by Gasteiger charge is 2.66. The lowest BCUT2D eigenvalue weighted by Crippen LogP contribution is -2.52. The van der Waals surface area contributed by atoms with E-state index in [1.807, 2.05) is 65.6 Å². The fourth-order valence-corrected chi connectivity index (χ4v) is 4.11. The van der Waals surface area contributed by atoms with Gasteiger partial charge < -0.3 is 23.8 Å². The SMILES string of the molecule is CO[C@H]1O[C@H]2CO[C@H](c3ccccc3)O[C@@H]2[C@H]2[C@@H]1N2C(=O)c1ccccc1. The minimum absolute atomic E-state index is 0.0248. The van der Waals surface area contributed by atoms with Gasteiger partial charge >= 0.3 is 0 Å². The standard InChI is InChI=1S/C21H21NO5/c1-24-21-17-16(22(17)19(23)13-8-4-2-5-9-13)18-15(26-21)12-25-20(27-18)14-10-6-3-7-11-14/h2-11,15-18,20-21H,12H2,1H3/t15-,16+,17-,18-,20-,21-,22?/m0/s1. The van der Waals surface area contributed by atoms with Crippen LogP contribution in [-0.4, -0.2) is 55.1 Å². The first kappa shape index (κ1) is 16.9. The molecule has 6 atom stereocenters. The van der Waals surface area contributed by atoms with E-state index in [9.17, 15) is 4.79 Å². The Kier molecular flexibility index (Phi) is 4.21. The zero-order valence-corrected chi connectivity index (χ0v) is 14.9. The molecule has 1 amide bonds. The highest BCUT2D eigenvalue weighted by atomic mass is 16.7. The predicted molar refractivity (Wildman–Crippen MR) is 95.9 cm³/mol. The number of fused-ring (bicyclic) bond motifs is 3. The number of amides is 1. The average Bonchev–Trinajstić information content (AvgIpc) is 3.49. The summed E-state index contributed by atoms with van der Waals surface area (Å²) in [7, 11) is 1.60. The van der Waals surface area contributed by atoms with Crippen LogP contribution < -0.4 is 0 Å². The van der Waals surface area contributed by atoms with Gasteiger partial charge in [-0.25, -0.2) is 0 Å². The topological polar surface area (TPSA) is 57.0 Å². The third kappa shape index (κ3) is 2.85. The molecule has 0 N–H and O–H groups in total. The Balaban J connectivity index is 1.39. The average molecular weight is 367 g/mol. The molecule has 3 aliphatic heterocycles. The van der Waals surface area contributed by atoms with Crippen molar-refractivity contribution in [2.24, 2.45) is 0 Å². The molecule has 0 radical (unpaired) electrons. The number of nitrogens with zero attached hydrogens (tertiary/aromatic N) is 1. The smallest absolute Gasteiger partial charge is 0.254 e. The van der Waals surface area contributed by atoms with Gasteiger partial charge in [0.2, 0.25) is 0 Å². The number of benzene rings is 2. The molecule has 3 aliphatic rings. The van der Waals surface area contributed by atoms with E-state index in [-0.39, 0.29) is 30.2 Å². The van der Waals surface area contributed by atoms with E-state index in [1.165, 1.54) is 0 Å². The van der Waals surface area contributed by atoms with Crippen molar-refractivity contribution >= 4 is 5.91 Å². The van der Waals surface area contributed by atoms with Gasteiger partial charge in [-0.2, -0.15) is 0 Å². The Labute approximate surface area is 157 Å². The van der Waals surface area contributed by atoms with Gasteiger partial charge in [-0.05, 0) is 12.1 Å². The lowest BCUT2D eigenvalue weighted by atomic mass is 10.0. The predicted octanol–water partition coefficient (Wildman–Crippen LogP) is 2.37. The summed E-state index contributed by atoms with van der Waals surface area (Å²) in [6.07, 6.45) is -1.42. The van der Waals surface area contributed by atoms with Crippen LogP contribution in [0.4, 0.5) is 0 Å². The highest BCUT2D eigenvalue weighted by molar-refractivity contribution is 5.96. The van der Waals surface area contributed by atoms with Crippen molar-refractivity contribution in [3.63, 3.8) is 0 Å². The Morgan fingerprint density at radius 2 is 1.70 bits per heavy atom. The summed E-state index contributed by atoms with van der Waals surface area (Å²) < 4.78 is 23.6. The molecule has 0 aromatic heterocycles. The Morgan fingerprint density at radius 1 is 1.00 bits per heavy atom. The molecular formula is C21H21NO5. The molecular weight excluding hydrogens is 346 g/mol. The first-order valence-corrected chi connectivity index (χ1v) is 9.16. The Morgan fingerprint density at radius 3 is 2.41 bits per heavy atom. The summed E-state index contributed by atoms with van der Waals surface area (Å²) in [6.45, 7) is 0.403. The molecule has 2 aromatic carbocycles. The maximum absolute atomic E-state index is 13.0. The Hall–Kier alpha value is -2.25. The molecule has 3 saturated heterocycles. The van der Waals surface area contributed by atoms with Gasteiger partial charge in [-0.15, -0.1) is 0 Å². The highest BCUT2D eigenvalue weighted by Crippen LogP contribution is 2.46. The molecule has 140 valence electrons. The van der Waals surface area contributed by atoms with Crippen molar-refractivity contribution in [2.45, 2.75) is 36.9 Å². The summed E-state index contributed by atoms with van der Waals surface area (Å²) in [5.41, 5.74) is 1.62. The maximum Gasteiger partial charge on any atom is 0.254 e. The first-order valence-electron chi connectivity index (χ1n) is 9.16. The van der Waals surface area contributed by atoms with Crippen molar-refractivity contribution in [1.82, 2.24) is 4.90 Å². The zero-order chi connectivity index (χ0) is 18.4. The molecule has 6 nitrogen and oxygen atoms in total. The van der Waals surface area contributed by atoms with Gasteiger partial charge in [0.1, 0.15) is 18.2 Å². The lowest BCUT2D eigenvalue weighted by molar-refractivity contribution is -0.304. The molecule has 27 heavy (non-hydrogen) atoms. The molecule has 0 bridgehead atoms. The quantitative estimate of drug-likeness (QED) is 0.780. The number of rotatable bonds is 3. The molecule has 0 aliphatic carbocycles. The van der Waals surface area contributed by atoms with Crippen molar-refractivity contribution in [3.8, 4) is 0 Å². The van der Waals surface area contributed by atoms with Crippen molar-refractivity contribution in [2.75, 3.05) is 13.7 Å². The molecule has 2 aromatic rings. The number of hydrogen-bond acceptors (Lipinski definition) is 5. The summed E-state index contributed by atoms with van der Waals surface area (Å²) in [5, 5.41) is 0. The van der Waals surface area contributed by atoms with Crippen LogP contribution in [0.2, 0.25) is 0 Å². The molecule has 3 heterocycles. The van der Waals surface area contributed by atoms with Crippen molar-refractivity contribution < 1.29 is 23.7 Å². The van der Waals surface area contributed by atoms with Gasteiger partial charge in [0.05, 0.1) is 12.6 Å². The molecule has 0 spiro atoms. The van der Waals surface area contributed by atoms with E-state index in [2.05, 4.69) is 0 Å². The number of methoxy groups -OCH3 is 1. The summed E-state index contributed by atoms with van der Waals surface area (Å²) >= 11 is 0. The number of ether oxygens (including phenoxy) is 4. The van der Waals surface area contributed by atoms with E-state index in [4.69, 9.17) is 18.9 Å². The van der Waals surface area contributed by atoms with Crippen LogP contribution in [0.25, 0.3) is 0 Å². The third-order valence-electron chi connectivity index (χ3n) is 5.45. The second-order valence-corrected chi connectivity index (χ2v) is 7.01. The normalized spacial score (nSPS) is 34.5. The summed E-state index contributed by atoms with van der Waals surface area (Å²) in [5.74, 6) is -0.0248. The molecule has 3 fully saturated rings. The minimum Gasteiger partial charge on any atom is -0.354 e. The van der Waals surface area contributed by atoms with E-state index < -0.39 is 12.6 Å². The summed E-state index contributed by atoms with van der Waals surface area (Å²) in [6, 6.07) is 18.9. The number of carbonyl (C=O) groups excluding carboxylic acids is 1. The third-order valence-corrected chi connectivity index (χ3v) is 5.45. The van der Waals surface area contributed by atoms with E-state index in [0.29, 0.717) is 12.2 Å². The van der Waals surface area contributed by atoms with E-state index >= 15 is 0 Å². The number of hydrogen-bond donors (Lipinski definition) is 0. The van der Waals surface area contributed by atoms with E-state index in [1.54, 1.807) is 7.11 Å². The van der Waals surface area contributed by atoms with Gasteiger partial charge in [0.15, 0.2) is 12.6 Å². The van der Waals surface area contributed by atoms with Crippen molar-refractivity contribution in [3.05, 3.63) is 71.8 Å². The zero-order valence-electron chi connectivity index (χ0n) is 14.9. The van der Waals surface area contributed by atoms with Crippen molar-refractivity contribution in [1.29, 1.82) is 0 Å². The van der Waals surface area contributed by atoms with Crippen LogP contribution in [0.3, 0.4) is 0 Å². The second kappa shape index (κ2) is 6.73. The lowest BCUT2D eigenvalue weighted by Gasteiger charge is -2.39. The second-order valence-electron chi connectivity index (χ2n) is 7.01.